The van der Waals surface area contributed by atoms with E-state index >= 15 is 0 Å². The van der Waals surface area contributed by atoms with Crippen molar-refractivity contribution in [1.29, 1.82) is 0 Å². The summed E-state index contributed by atoms with van der Waals surface area (Å²) in [4.78, 5) is 31.3. The van der Waals surface area contributed by atoms with Crippen molar-refractivity contribution in [2.24, 2.45) is 0 Å². The molecule has 110 valence electrons. The maximum absolute atomic E-state index is 12.2. The molecule has 0 aliphatic rings. The summed E-state index contributed by atoms with van der Waals surface area (Å²) < 4.78 is 0. The van der Waals surface area contributed by atoms with E-state index in [1.54, 1.807) is 13.1 Å². The van der Waals surface area contributed by atoms with Crippen LogP contribution in [0.2, 0.25) is 0 Å². The Morgan fingerprint density at radius 2 is 2.14 bits per heavy atom. The fraction of sp³-hybridized carbons (Fsp3) is 0.312. The van der Waals surface area contributed by atoms with Crippen molar-refractivity contribution in [2.75, 3.05) is 0 Å². The Hall–Kier alpha value is -2.43. The Balaban J connectivity index is 2.20. The Labute approximate surface area is 123 Å². The first-order chi connectivity index (χ1) is 10.0. The quantitative estimate of drug-likeness (QED) is 0.905. The normalized spacial score (nSPS) is 12.0. The fourth-order valence-electron chi connectivity index (χ4n) is 2.06. The van der Waals surface area contributed by atoms with Gasteiger partial charge in [0.05, 0.1) is 11.7 Å². The van der Waals surface area contributed by atoms with E-state index < -0.39 is 0 Å². The maximum Gasteiger partial charge on any atom is 0.257 e. The van der Waals surface area contributed by atoms with Gasteiger partial charge in [0, 0.05) is 24.2 Å². The highest BCUT2D eigenvalue weighted by atomic mass is 16.2. The second-order valence-corrected chi connectivity index (χ2v) is 5.09. The predicted molar refractivity (Wildman–Crippen MR) is 81.3 cm³/mol. The van der Waals surface area contributed by atoms with Gasteiger partial charge in [-0.15, -0.1) is 0 Å². The number of carbonyl (C=O) groups is 1. The van der Waals surface area contributed by atoms with E-state index in [1.807, 2.05) is 26.0 Å². The van der Waals surface area contributed by atoms with Gasteiger partial charge in [0.25, 0.3) is 5.91 Å². The highest BCUT2D eigenvalue weighted by molar-refractivity contribution is 5.94. The van der Waals surface area contributed by atoms with Gasteiger partial charge in [0.2, 0.25) is 0 Å². The third-order valence-corrected chi connectivity index (χ3v) is 3.31. The molecule has 0 spiro atoms. The number of nitrogens with zero attached hydrogens (tertiary/aromatic N) is 1. The van der Waals surface area contributed by atoms with Gasteiger partial charge >= 0.3 is 0 Å². The molecule has 0 aromatic carbocycles. The monoisotopic (exact) mass is 285 g/mol. The number of carbonyl (C=O) groups excluding carboxylic acids is 1. The minimum Gasteiger partial charge on any atom is -0.364 e. The summed E-state index contributed by atoms with van der Waals surface area (Å²) >= 11 is 0. The second kappa shape index (κ2) is 6.35. The van der Waals surface area contributed by atoms with Crippen LogP contribution < -0.4 is 10.7 Å². The molecule has 2 heterocycles. The zero-order chi connectivity index (χ0) is 15.4. The number of hydrogen-bond donors (Lipinski definition) is 2. The minimum atomic E-state index is -0.384. The van der Waals surface area contributed by atoms with Crippen molar-refractivity contribution >= 4 is 5.91 Å². The summed E-state index contributed by atoms with van der Waals surface area (Å²) in [6.07, 6.45) is 3.91. The Morgan fingerprint density at radius 3 is 2.71 bits per heavy atom. The van der Waals surface area contributed by atoms with Crippen LogP contribution in [0.25, 0.3) is 0 Å². The number of H-pyrrole nitrogens is 1. The summed E-state index contributed by atoms with van der Waals surface area (Å²) in [7, 11) is 0. The van der Waals surface area contributed by atoms with Crippen molar-refractivity contribution < 1.29 is 4.79 Å². The lowest BCUT2D eigenvalue weighted by molar-refractivity contribution is 0.0933. The number of hydrogen-bond acceptors (Lipinski definition) is 3. The molecule has 5 heteroatoms. The van der Waals surface area contributed by atoms with Crippen LogP contribution in [0.4, 0.5) is 0 Å². The molecule has 2 rings (SSSR count). The third-order valence-electron chi connectivity index (χ3n) is 3.31. The number of aromatic nitrogens is 2. The first kappa shape index (κ1) is 15.0. The van der Waals surface area contributed by atoms with Crippen LogP contribution in [0, 0.1) is 13.8 Å². The van der Waals surface area contributed by atoms with Gasteiger partial charge in [-0.25, -0.2) is 0 Å². The number of nitrogens with one attached hydrogen (secondary N) is 2. The molecule has 0 saturated carbocycles. The Bertz CT molecular complexity index is 689. The first-order valence-electron chi connectivity index (χ1n) is 6.94. The van der Waals surface area contributed by atoms with E-state index in [-0.39, 0.29) is 22.9 Å². The molecule has 0 fully saturated rings. The van der Waals surface area contributed by atoms with Crippen molar-refractivity contribution in [1.82, 2.24) is 15.3 Å². The van der Waals surface area contributed by atoms with E-state index in [9.17, 15) is 9.59 Å². The molecule has 2 aromatic heterocycles. The smallest absolute Gasteiger partial charge is 0.257 e. The Morgan fingerprint density at radius 1 is 1.38 bits per heavy atom. The van der Waals surface area contributed by atoms with Crippen LogP contribution >= 0.6 is 0 Å². The van der Waals surface area contributed by atoms with E-state index in [4.69, 9.17) is 0 Å². The SMILES string of the molecule is CC[C@@H](NC(=O)c1c[nH]c(C)cc1=O)c1ccc(C)cn1. The largest absolute Gasteiger partial charge is 0.364 e. The molecule has 0 radical (unpaired) electrons. The van der Waals surface area contributed by atoms with Gasteiger partial charge in [-0.3, -0.25) is 14.6 Å². The van der Waals surface area contributed by atoms with E-state index in [1.165, 1.54) is 12.3 Å². The molecule has 2 aromatic rings. The van der Waals surface area contributed by atoms with Gasteiger partial charge in [0.15, 0.2) is 5.43 Å². The molecule has 1 atom stereocenters. The zero-order valence-electron chi connectivity index (χ0n) is 12.4. The average molecular weight is 285 g/mol. The highest BCUT2D eigenvalue weighted by Crippen LogP contribution is 2.14. The van der Waals surface area contributed by atoms with Crippen molar-refractivity contribution in [2.45, 2.75) is 33.2 Å². The van der Waals surface area contributed by atoms with Crippen LogP contribution in [-0.4, -0.2) is 15.9 Å². The highest BCUT2D eigenvalue weighted by Gasteiger charge is 2.17. The minimum absolute atomic E-state index is 0.117. The predicted octanol–water partition coefficient (Wildman–Crippen LogP) is 2.27. The van der Waals surface area contributed by atoms with Crippen LogP contribution in [0.1, 0.15) is 46.7 Å². The molecule has 0 aliphatic carbocycles. The summed E-state index contributed by atoms with van der Waals surface area (Å²) in [5.74, 6) is -0.384. The first-order valence-corrected chi connectivity index (χ1v) is 6.94. The van der Waals surface area contributed by atoms with Gasteiger partial charge < -0.3 is 10.3 Å². The number of pyridine rings is 2. The van der Waals surface area contributed by atoms with E-state index in [0.717, 1.165) is 17.0 Å². The molecular formula is C16H19N3O2. The molecule has 5 nitrogen and oxygen atoms in total. The molecule has 2 N–H and O–H groups in total. The topological polar surface area (TPSA) is 74.8 Å². The van der Waals surface area contributed by atoms with Gasteiger partial charge in [-0.1, -0.05) is 13.0 Å². The van der Waals surface area contributed by atoms with Crippen molar-refractivity contribution in [3.8, 4) is 0 Å². The molecule has 0 aliphatic heterocycles. The standard InChI is InChI=1S/C16H19N3O2/c1-4-13(14-6-5-10(2)8-18-14)19-16(21)12-9-17-11(3)7-15(12)20/h5-9,13H,4H2,1-3H3,(H,17,20)(H,19,21)/t13-/m1/s1. The van der Waals surface area contributed by atoms with Gasteiger partial charge in [0.1, 0.15) is 5.56 Å². The van der Waals surface area contributed by atoms with E-state index in [0.29, 0.717) is 6.42 Å². The lowest BCUT2D eigenvalue weighted by Gasteiger charge is -2.16. The fourth-order valence-corrected chi connectivity index (χ4v) is 2.06. The molecule has 0 bridgehead atoms. The van der Waals surface area contributed by atoms with Crippen LogP contribution in [0.5, 0.6) is 0 Å². The lowest BCUT2D eigenvalue weighted by atomic mass is 10.1. The summed E-state index contributed by atoms with van der Waals surface area (Å²) in [6, 6.07) is 5.05. The number of aryl methyl sites for hydroxylation is 2. The maximum atomic E-state index is 12.2. The number of aromatic amines is 1. The molecular weight excluding hydrogens is 266 g/mol. The van der Waals surface area contributed by atoms with Crippen molar-refractivity contribution in [3.63, 3.8) is 0 Å². The summed E-state index contributed by atoms with van der Waals surface area (Å²) in [5.41, 5.74) is 2.42. The van der Waals surface area contributed by atoms with Gasteiger partial charge in [-0.2, -0.15) is 0 Å². The Kier molecular flexibility index (Phi) is 4.52. The average Bonchev–Trinajstić information content (AvgIpc) is 2.45. The molecule has 0 saturated heterocycles. The van der Waals surface area contributed by atoms with Crippen LogP contribution in [-0.2, 0) is 0 Å². The molecule has 21 heavy (non-hydrogen) atoms. The number of amides is 1. The van der Waals surface area contributed by atoms with Crippen molar-refractivity contribution in [3.05, 3.63) is 63.3 Å². The summed E-state index contributed by atoms with van der Waals surface area (Å²) in [5, 5.41) is 2.86. The second-order valence-electron chi connectivity index (χ2n) is 5.09. The molecule has 0 unspecified atom stereocenters. The van der Waals surface area contributed by atoms with Crippen LogP contribution in [0.3, 0.4) is 0 Å². The van der Waals surface area contributed by atoms with E-state index in [2.05, 4.69) is 15.3 Å². The number of rotatable bonds is 4. The lowest BCUT2D eigenvalue weighted by Crippen LogP contribution is -2.32. The third kappa shape index (κ3) is 3.56. The van der Waals surface area contributed by atoms with Gasteiger partial charge in [-0.05, 0) is 31.9 Å². The molecule has 1 amide bonds. The summed E-state index contributed by atoms with van der Waals surface area (Å²) in [6.45, 7) is 5.70. The zero-order valence-corrected chi connectivity index (χ0v) is 12.4. The van der Waals surface area contributed by atoms with Crippen LogP contribution in [0.15, 0.2) is 35.4 Å².